The number of nitrogens with zero attached hydrogens (tertiary/aromatic N) is 1. The first-order chi connectivity index (χ1) is 15.7. The number of carbonyl (C=O) groups is 2. The molecule has 4 rings (SSSR count). The van der Waals surface area contributed by atoms with Crippen molar-refractivity contribution in [3.63, 3.8) is 0 Å². The van der Waals surface area contributed by atoms with Gasteiger partial charge in [-0.05, 0) is 52.9 Å². The highest BCUT2D eigenvalue weighted by Gasteiger charge is 2.40. The quantitative estimate of drug-likeness (QED) is 0.526. The summed E-state index contributed by atoms with van der Waals surface area (Å²) in [4.78, 5) is 28.1. The molecule has 0 fully saturated rings. The Bertz CT molecular complexity index is 1240. The predicted molar refractivity (Wildman–Crippen MR) is 128 cm³/mol. The van der Waals surface area contributed by atoms with Crippen LogP contribution in [-0.4, -0.2) is 18.9 Å². The van der Waals surface area contributed by atoms with E-state index in [-0.39, 0.29) is 16.7 Å². The van der Waals surface area contributed by atoms with Crippen LogP contribution < -0.4 is 15.0 Å². The molecule has 0 bridgehead atoms. The zero-order valence-electron chi connectivity index (χ0n) is 19.0. The molecule has 3 aromatic carbocycles. The SMILES string of the molecule is COc1cccc(NC2=C(c3ccc(F)cc3)C(=O)N(c3ccc(C(C)(C)C)cc3)C2=O)c1. The highest BCUT2D eigenvalue weighted by atomic mass is 19.1. The highest BCUT2D eigenvalue weighted by molar-refractivity contribution is 6.46. The largest absolute Gasteiger partial charge is 0.497 e. The molecule has 0 saturated carbocycles. The molecule has 0 spiro atoms. The van der Waals surface area contributed by atoms with Crippen LogP contribution in [0.4, 0.5) is 15.8 Å². The van der Waals surface area contributed by atoms with Gasteiger partial charge >= 0.3 is 0 Å². The van der Waals surface area contributed by atoms with E-state index >= 15 is 0 Å². The van der Waals surface area contributed by atoms with Gasteiger partial charge in [-0.25, -0.2) is 9.29 Å². The zero-order chi connectivity index (χ0) is 23.8. The van der Waals surface area contributed by atoms with E-state index in [1.807, 2.05) is 12.1 Å². The van der Waals surface area contributed by atoms with Crippen molar-refractivity contribution >= 4 is 28.8 Å². The molecule has 1 aliphatic heterocycles. The number of amides is 2. The predicted octanol–water partition coefficient (Wildman–Crippen LogP) is 5.53. The maximum Gasteiger partial charge on any atom is 0.282 e. The molecule has 1 aliphatic rings. The maximum atomic E-state index is 13.5. The van der Waals surface area contributed by atoms with Gasteiger partial charge in [-0.2, -0.15) is 0 Å². The third-order valence-corrected chi connectivity index (χ3v) is 5.55. The number of hydrogen-bond donors (Lipinski definition) is 1. The van der Waals surface area contributed by atoms with Crippen LogP contribution in [0.2, 0.25) is 0 Å². The second-order valence-corrected chi connectivity index (χ2v) is 8.86. The van der Waals surface area contributed by atoms with E-state index in [1.165, 1.54) is 24.3 Å². The van der Waals surface area contributed by atoms with Gasteiger partial charge in [0.1, 0.15) is 17.3 Å². The second kappa shape index (κ2) is 8.54. The number of methoxy groups -OCH3 is 1. The van der Waals surface area contributed by atoms with E-state index in [9.17, 15) is 14.0 Å². The van der Waals surface area contributed by atoms with Crippen LogP contribution in [0.1, 0.15) is 31.9 Å². The minimum absolute atomic E-state index is 0.0613. The van der Waals surface area contributed by atoms with Gasteiger partial charge in [0, 0.05) is 11.8 Å². The Hall–Kier alpha value is -3.93. The average Bonchev–Trinajstić information content (AvgIpc) is 3.03. The van der Waals surface area contributed by atoms with E-state index in [0.29, 0.717) is 22.7 Å². The number of halogens is 1. The number of benzene rings is 3. The molecule has 0 unspecified atom stereocenters. The summed E-state index contributed by atoms with van der Waals surface area (Å²) in [5.41, 5.74) is 2.85. The first kappa shape index (κ1) is 22.3. The summed E-state index contributed by atoms with van der Waals surface area (Å²) in [5.74, 6) is -0.769. The van der Waals surface area contributed by atoms with E-state index in [4.69, 9.17) is 4.74 Å². The number of carbonyl (C=O) groups excluding carboxylic acids is 2. The van der Waals surface area contributed by atoms with Crippen LogP contribution in [0, 0.1) is 5.82 Å². The molecule has 0 saturated heterocycles. The maximum absolute atomic E-state index is 13.5. The van der Waals surface area contributed by atoms with Crippen LogP contribution in [0.3, 0.4) is 0 Å². The van der Waals surface area contributed by atoms with Gasteiger partial charge in [0.05, 0.1) is 18.4 Å². The van der Waals surface area contributed by atoms with Crippen molar-refractivity contribution in [3.8, 4) is 5.75 Å². The van der Waals surface area contributed by atoms with E-state index in [0.717, 1.165) is 10.5 Å². The Balaban J connectivity index is 1.77. The van der Waals surface area contributed by atoms with Gasteiger partial charge in [0.25, 0.3) is 11.8 Å². The van der Waals surface area contributed by atoms with Crippen LogP contribution in [0.15, 0.2) is 78.5 Å². The van der Waals surface area contributed by atoms with Crippen molar-refractivity contribution in [2.24, 2.45) is 0 Å². The lowest BCUT2D eigenvalue weighted by molar-refractivity contribution is -0.120. The Kier molecular flexibility index (Phi) is 5.77. The molecular weight excluding hydrogens is 419 g/mol. The van der Waals surface area contributed by atoms with Crippen molar-refractivity contribution in [1.29, 1.82) is 0 Å². The lowest BCUT2D eigenvalue weighted by atomic mass is 9.87. The molecule has 0 aromatic heterocycles. The number of ether oxygens (including phenoxy) is 1. The summed E-state index contributed by atoms with van der Waals surface area (Å²) in [5, 5.41) is 3.09. The van der Waals surface area contributed by atoms with Crippen molar-refractivity contribution in [3.05, 3.63) is 95.4 Å². The van der Waals surface area contributed by atoms with Crippen LogP contribution in [-0.2, 0) is 15.0 Å². The van der Waals surface area contributed by atoms with Crippen LogP contribution in [0.25, 0.3) is 5.57 Å². The minimum atomic E-state index is -0.481. The Morgan fingerprint density at radius 1 is 0.879 bits per heavy atom. The first-order valence-corrected chi connectivity index (χ1v) is 10.6. The zero-order valence-corrected chi connectivity index (χ0v) is 19.0. The fourth-order valence-electron chi connectivity index (χ4n) is 3.72. The standard InChI is InChI=1S/C27H25FN2O3/c1-27(2,3)18-10-14-21(15-11-18)30-25(31)23(17-8-12-19(28)13-9-17)24(26(30)32)29-20-6-5-7-22(16-20)33-4/h5-16,29H,1-4H3. The van der Waals surface area contributed by atoms with Crippen LogP contribution >= 0.6 is 0 Å². The molecule has 0 aliphatic carbocycles. The van der Waals surface area contributed by atoms with Crippen molar-refractivity contribution in [1.82, 2.24) is 0 Å². The van der Waals surface area contributed by atoms with Gasteiger partial charge < -0.3 is 10.1 Å². The Labute approximate surface area is 192 Å². The third kappa shape index (κ3) is 4.37. The van der Waals surface area contributed by atoms with Crippen molar-refractivity contribution in [2.45, 2.75) is 26.2 Å². The molecule has 5 nitrogen and oxygen atoms in total. The fraction of sp³-hybridized carbons (Fsp3) is 0.185. The lowest BCUT2D eigenvalue weighted by Gasteiger charge is -2.21. The summed E-state index contributed by atoms with van der Waals surface area (Å²) in [6.07, 6.45) is 0. The molecule has 2 amide bonds. The molecule has 168 valence electrons. The van der Waals surface area contributed by atoms with Crippen molar-refractivity contribution in [2.75, 3.05) is 17.3 Å². The third-order valence-electron chi connectivity index (χ3n) is 5.55. The number of rotatable bonds is 5. The summed E-state index contributed by atoms with van der Waals surface area (Å²) >= 11 is 0. The first-order valence-electron chi connectivity index (χ1n) is 10.6. The van der Waals surface area contributed by atoms with E-state index < -0.39 is 17.6 Å². The molecule has 1 N–H and O–H groups in total. The number of hydrogen-bond acceptors (Lipinski definition) is 4. The van der Waals surface area contributed by atoms with Gasteiger partial charge in [-0.15, -0.1) is 0 Å². The summed E-state index contributed by atoms with van der Waals surface area (Å²) in [6, 6.07) is 20.0. The monoisotopic (exact) mass is 444 g/mol. The van der Waals surface area contributed by atoms with Gasteiger partial charge in [0.2, 0.25) is 0 Å². The number of anilines is 2. The van der Waals surface area contributed by atoms with E-state index in [1.54, 1.807) is 43.5 Å². The smallest absolute Gasteiger partial charge is 0.282 e. The highest BCUT2D eigenvalue weighted by Crippen LogP contribution is 2.35. The molecule has 3 aromatic rings. The van der Waals surface area contributed by atoms with Gasteiger partial charge in [0.15, 0.2) is 0 Å². The van der Waals surface area contributed by atoms with Crippen molar-refractivity contribution < 1.29 is 18.7 Å². The normalized spacial score (nSPS) is 14.2. The molecule has 1 heterocycles. The lowest BCUT2D eigenvalue weighted by Crippen LogP contribution is -2.32. The summed E-state index contributed by atoms with van der Waals surface area (Å²) in [6.45, 7) is 6.29. The molecule has 0 radical (unpaired) electrons. The Morgan fingerprint density at radius 3 is 2.15 bits per heavy atom. The van der Waals surface area contributed by atoms with E-state index in [2.05, 4.69) is 26.1 Å². The molecule has 6 heteroatoms. The fourth-order valence-corrected chi connectivity index (χ4v) is 3.72. The molecule has 0 atom stereocenters. The number of imide groups is 1. The summed E-state index contributed by atoms with van der Waals surface area (Å²) in [7, 11) is 1.55. The van der Waals surface area contributed by atoms with Crippen LogP contribution in [0.5, 0.6) is 5.75 Å². The molecular formula is C27H25FN2O3. The minimum Gasteiger partial charge on any atom is -0.497 e. The molecule has 33 heavy (non-hydrogen) atoms. The summed E-state index contributed by atoms with van der Waals surface area (Å²) < 4.78 is 18.8. The Morgan fingerprint density at radius 2 is 1.55 bits per heavy atom. The number of nitrogens with one attached hydrogen (secondary N) is 1. The topological polar surface area (TPSA) is 58.6 Å². The second-order valence-electron chi connectivity index (χ2n) is 8.86. The van der Waals surface area contributed by atoms with Gasteiger partial charge in [-0.3, -0.25) is 9.59 Å². The van der Waals surface area contributed by atoms with Gasteiger partial charge in [-0.1, -0.05) is 51.1 Å². The average molecular weight is 445 g/mol.